The predicted octanol–water partition coefficient (Wildman–Crippen LogP) is 4.34. The molecule has 0 radical (unpaired) electrons. The number of nitrogens with zero attached hydrogens (tertiary/aromatic N) is 2. The number of hydrogen-bond donors (Lipinski definition) is 1. The number of rotatable bonds is 4. The van der Waals surface area contributed by atoms with Crippen LogP contribution >= 0.6 is 0 Å². The summed E-state index contributed by atoms with van der Waals surface area (Å²) >= 11 is 0. The second kappa shape index (κ2) is 8.31. The molecule has 0 aromatic heterocycles. The van der Waals surface area contributed by atoms with Crippen LogP contribution in [0.25, 0.3) is 10.8 Å². The summed E-state index contributed by atoms with van der Waals surface area (Å²) in [5.41, 5.74) is 3.15. The maximum absolute atomic E-state index is 12.8. The zero-order chi connectivity index (χ0) is 19.3. The predicted molar refractivity (Wildman–Crippen MR) is 114 cm³/mol. The van der Waals surface area contributed by atoms with E-state index >= 15 is 0 Å². The monoisotopic (exact) mass is 375 g/mol. The molecule has 0 spiro atoms. The van der Waals surface area contributed by atoms with Crippen molar-refractivity contribution in [3.8, 4) is 0 Å². The van der Waals surface area contributed by atoms with E-state index in [2.05, 4.69) is 22.3 Å². The van der Waals surface area contributed by atoms with Crippen LogP contribution in [-0.2, 0) is 11.3 Å². The van der Waals surface area contributed by atoms with Gasteiger partial charge < -0.3 is 19.9 Å². The molecule has 1 heterocycles. The van der Waals surface area contributed by atoms with Gasteiger partial charge in [0.15, 0.2) is 0 Å². The average molecular weight is 375 g/mol. The third kappa shape index (κ3) is 3.94. The molecule has 1 fully saturated rings. The third-order valence-electron chi connectivity index (χ3n) is 5.13. The van der Waals surface area contributed by atoms with Crippen LogP contribution in [0.4, 0.5) is 16.2 Å². The van der Waals surface area contributed by atoms with Gasteiger partial charge in [0.05, 0.1) is 18.9 Å². The first-order chi connectivity index (χ1) is 13.7. The van der Waals surface area contributed by atoms with Gasteiger partial charge in [-0.2, -0.15) is 0 Å². The fourth-order valence-corrected chi connectivity index (χ4v) is 3.63. The van der Waals surface area contributed by atoms with Gasteiger partial charge in [-0.15, -0.1) is 0 Å². The van der Waals surface area contributed by atoms with Gasteiger partial charge in [0.25, 0.3) is 0 Å². The molecule has 3 aromatic rings. The Kier molecular flexibility index (Phi) is 5.44. The van der Waals surface area contributed by atoms with Gasteiger partial charge in [-0.05, 0) is 23.1 Å². The van der Waals surface area contributed by atoms with Gasteiger partial charge in [0.1, 0.15) is 0 Å². The first-order valence-electron chi connectivity index (χ1n) is 9.63. The highest BCUT2D eigenvalue weighted by Crippen LogP contribution is 2.25. The van der Waals surface area contributed by atoms with E-state index in [1.165, 1.54) is 5.69 Å². The Bertz CT molecular complexity index is 961. The van der Waals surface area contributed by atoms with Crippen molar-refractivity contribution in [2.24, 2.45) is 0 Å². The van der Waals surface area contributed by atoms with Crippen LogP contribution < -0.4 is 10.2 Å². The minimum absolute atomic E-state index is 0.117. The molecule has 4 rings (SSSR count). The topological polar surface area (TPSA) is 44.8 Å². The molecular formula is C23H25N3O2. The quantitative estimate of drug-likeness (QED) is 0.738. The lowest BCUT2D eigenvalue weighted by Gasteiger charge is -2.31. The summed E-state index contributed by atoms with van der Waals surface area (Å²) < 4.78 is 5.47. The Morgan fingerprint density at radius 1 is 1.00 bits per heavy atom. The first kappa shape index (κ1) is 18.3. The van der Waals surface area contributed by atoms with Gasteiger partial charge in [-0.1, -0.05) is 54.6 Å². The molecule has 0 atom stereocenters. The molecule has 0 aliphatic carbocycles. The highest BCUT2D eigenvalue weighted by Gasteiger charge is 2.17. The summed E-state index contributed by atoms with van der Waals surface area (Å²) in [6.45, 7) is 3.79. The SMILES string of the molecule is CN(Cc1ccccc1N1CCOCC1)C(=O)Nc1cccc2ccccc12. The van der Waals surface area contributed by atoms with Crippen molar-refractivity contribution in [3.05, 3.63) is 72.3 Å². The van der Waals surface area contributed by atoms with E-state index in [1.54, 1.807) is 4.90 Å². The number of nitrogens with one attached hydrogen (secondary N) is 1. The normalized spacial score (nSPS) is 14.1. The van der Waals surface area contributed by atoms with Gasteiger partial charge in [0.2, 0.25) is 0 Å². The highest BCUT2D eigenvalue weighted by molar-refractivity contribution is 6.01. The molecule has 1 aliphatic heterocycles. The Morgan fingerprint density at radius 3 is 2.57 bits per heavy atom. The van der Waals surface area contributed by atoms with Crippen LogP contribution in [-0.4, -0.2) is 44.3 Å². The van der Waals surface area contributed by atoms with Crippen molar-refractivity contribution in [1.82, 2.24) is 4.90 Å². The van der Waals surface area contributed by atoms with Crippen LogP contribution in [0.1, 0.15) is 5.56 Å². The smallest absolute Gasteiger partial charge is 0.321 e. The number of para-hydroxylation sites is 1. The van der Waals surface area contributed by atoms with Crippen LogP contribution in [0.2, 0.25) is 0 Å². The molecule has 0 saturated carbocycles. The molecule has 5 heteroatoms. The number of morpholine rings is 1. The average Bonchev–Trinajstić information content (AvgIpc) is 2.75. The lowest BCUT2D eigenvalue weighted by molar-refractivity contribution is 0.122. The summed E-state index contributed by atoms with van der Waals surface area (Å²) in [4.78, 5) is 16.9. The van der Waals surface area contributed by atoms with Crippen molar-refractivity contribution < 1.29 is 9.53 Å². The maximum Gasteiger partial charge on any atom is 0.321 e. The molecule has 1 N–H and O–H groups in total. The number of hydrogen-bond acceptors (Lipinski definition) is 3. The number of fused-ring (bicyclic) bond motifs is 1. The minimum atomic E-state index is -0.117. The fraction of sp³-hybridized carbons (Fsp3) is 0.261. The molecule has 5 nitrogen and oxygen atoms in total. The summed E-state index contributed by atoms with van der Waals surface area (Å²) in [5.74, 6) is 0. The molecule has 28 heavy (non-hydrogen) atoms. The van der Waals surface area contributed by atoms with Crippen LogP contribution in [0.3, 0.4) is 0 Å². The zero-order valence-electron chi connectivity index (χ0n) is 16.1. The Hall–Kier alpha value is -3.05. The molecule has 2 amide bonds. The zero-order valence-corrected chi connectivity index (χ0v) is 16.1. The van der Waals surface area contributed by atoms with E-state index in [4.69, 9.17) is 4.74 Å². The van der Waals surface area contributed by atoms with E-state index in [9.17, 15) is 4.79 Å². The molecule has 144 valence electrons. The van der Waals surface area contributed by atoms with E-state index in [0.29, 0.717) is 6.54 Å². The third-order valence-corrected chi connectivity index (χ3v) is 5.13. The molecule has 1 saturated heterocycles. The molecular weight excluding hydrogens is 350 g/mol. The van der Waals surface area contributed by atoms with E-state index in [0.717, 1.165) is 48.3 Å². The van der Waals surface area contributed by atoms with E-state index in [-0.39, 0.29) is 6.03 Å². The molecule has 0 bridgehead atoms. The summed E-state index contributed by atoms with van der Waals surface area (Å²) in [6, 6.07) is 22.2. The highest BCUT2D eigenvalue weighted by atomic mass is 16.5. The standard InChI is InChI=1S/C23H25N3O2/c1-25(17-19-8-3-5-12-22(19)26-13-15-28-16-14-26)23(27)24-21-11-6-9-18-7-2-4-10-20(18)21/h2-12H,13-17H2,1H3,(H,24,27). The van der Waals surface area contributed by atoms with Gasteiger partial charge in [-0.3, -0.25) is 0 Å². The van der Waals surface area contributed by atoms with Crippen LogP contribution in [0, 0.1) is 0 Å². The van der Waals surface area contributed by atoms with Crippen molar-refractivity contribution in [2.75, 3.05) is 43.6 Å². The van der Waals surface area contributed by atoms with Crippen molar-refractivity contribution in [2.45, 2.75) is 6.54 Å². The van der Waals surface area contributed by atoms with Crippen LogP contribution in [0.5, 0.6) is 0 Å². The summed E-state index contributed by atoms with van der Waals surface area (Å²) in [6.07, 6.45) is 0. The second-order valence-corrected chi connectivity index (χ2v) is 7.04. The lowest BCUT2D eigenvalue weighted by atomic mass is 10.1. The first-order valence-corrected chi connectivity index (χ1v) is 9.63. The number of carbonyl (C=O) groups is 1. The van der Waals surface area contributed by atoms with Crippen molar-refractivity contribution in [3.63, 3.8) is 0 Å². The molecule has 3 aromatic carbocycles. The van der Waals surface area contributed by atoms with Crippen molar-refractivity contribution in [1.29, 1.82) is 0 Å². The summed E-state index contributed by atoms with van der Waals surface area (Å²) in [7, 11) is 1.83. The largest absolute Gasteiger partial charge is 0.378 e. The second-order valence-electron chi connectivity index (χ2n) is 7.04. The number of anilines is 2. The van der Waals surface area contributed by atoms with Gasteiger partial charge in [0, 0.05) is 37.8 Å². The summed E-state index contributed by atoms with van der Waals surface area (Å²) in [5, 5.41) is 5.21. The lowest BCUT2D eigenvalue weighted by Crippen LogP contribution is -2.37. The Balaban J connectivity index is 1.49. The molecule has 1 aliphatic rings. The maximum atomic E-state index is 12.8. The van der Waals surface area contributed by atoms with Gasteiger partial charge in [-0.25, -0.2) is 4.79 Å². The van der Waals surface area contributed by atoms with Gasteiger partial charge >= 0.3 is 6.03 Å². The number of ether oxygens (including phenoxy) is 1. The Labute approximate surface area is 165 Å². The van der Waals surface area contributed by atoms with E-state index < -0.39 is 0 Å². The van der Waals surface area contributed by atoms with E-state index in [1.807, 2.05) is 61.6 Å². The number of amides is 2. The molecule has 0 unspecified atom stereocenters. The Morgan fingerprint density at radius 2 is 1.71 bits per heavy atom. The fourth-order valence-electron chi connectivity index (χ4n) is 3.63. The minimum Gasteiger partial charge on any atom is -0.378 e. The number of carbonyl (C=O) groups excluding carboxylic acids is 1. The number of benzene rings is 3. The number of urea groups is 1. The van der Waals surface area contributed by atoms with Crippen molar-refractivity contribution >= 4 is 28.2 Å². The van der Waals surface area contributed by atoms with Crippen LogP contribution in [0.15, 0.2) is 66.7 Å².